The van der Waals surface area contributed by atoms with Crippen LogP contribution < -0.4 is 15.5 Å². The Morgan fingerprint density at radius 2 is 1.75 bits per heavy atom. The maximum atomic E-state index is 11.8. The molecular weight excluding hydrogens is 258 g/mol. The van der Waals surface area contributed by atoms with E-state index in [1.165, 1.54) is 11.3 Å². The maximum Gasteiger partial charge on any atom is 0.236 e. The van der Waals surface area contributed by atoms with Crippen LogP contribution in [0.3, 0.4) is 0 Å². The van der Waals surface area contributed by atoms with Gasteiger partial charge in [-0.05, 0) is 19.3 Å². The van der Waals surface area contributed by atoms with Gasteiger partial charge in [0.2, 0.25) is 11.9 Å². The number of carbonyl (C=O) groups is 2. The molecule has 2 N–H and O–H groups in total. The molecule has 0 aliphatic carbocycles. The molecule has 0 atom stereocenters. The number of carbonyl (C=O) groups excluding carboxylic acids is 2. The number of nitrogens with two attached hydrogens (primary N) is 1. The molecule has 3 rings (SSSR count). The third-order valence-corrected chi connectivity index (χ3v) is 3.66. The van der Waals surface area contributed by atoms with E-state index in [2.05, 4.69) is 14.9 Å². The minimum Gasteiger partial charge on any atom is -0.368 e. The first-order valence-electron chi connectivity index (χ1n) is 6.85. The monoisotopic (exact) mass is 275 g/mol. The molecule has 0 spiro atoms. The highest BCUT2D eigenvalue weighted by molar-refractivity contribution is 6.14. The third kappa shape index (κ3) is 2.43. The first-order valence-corrected chi connectivity index (χ1v) is 6.85. The molecule has 1 aromatic rings. The Kier molecular flexibility index (Phi) is 3.25. The predicted octanol–water partition coefficient (Wildman–Crippen LogP) is 0.355. The number of nitrogen functional groups attached to an aromatic ring is 1. The summed E-state index contributed by atoms with van der Waals surface area (Å²) in [4.78, 5) is 35.0. The average molecular weight is 275 g/mol. The summed E-state index contributed by atoms with van der Waals surface area (Å²) in [5, 5.41) is 0. The van der Waals surface area contributed by atoms with Crippen molar-refractivity contribution < 1.29 is 9.59 Å². The first-order chi connectivity index (χ1) is 9.63. The fraction of sp³-hybridized carbons (Fsp3) is 0.538. The van der Waals surface area contributed by atoms with E-state index in [-0.39, 0.29) is 30.6 Å². The van der Waals surface area contributed by atoms with E-state index in [0.29, 0.717) is 5.82 Å². The Hall–Kier alpha value is -2.18. The van der Waals surface area contributed by atoms with E-state index in [1.807, 2.05) is 0 Å². The lowest BCUT2D eigenvalue weighted by Gasteiger charge is -2.28. The molecule has 2 aliphatic heterocycles. The highest BCUT2D eigenvalue weighted by atomic mass is 16.2. The lowest BCUT2D eigenvalue weighted by atomic mass is 10.1. The van der Waals surface area contributed by atoms with Gasteiger partial charge in [-0.3, -0.25) is 14.5 Å². The highest BCUT2D eigenvalue weighted by Gasteiger charge is 2.30. The van der Waals surface area contributed by atoms with Gasteiger partial charge in [0.15, 0.2) is 5.78 Å². The van der Waals surface area contributed by atoms with Crippen LogP contribution in [0.5, 0.6) is 0 Å². The van der Waals surface area contributed by atoms with Gasteiger partial charge >= 0.3 is 0 Å². The first kappa shape index (κ1) is 12.8. The second-order valence-electron chi connectivity index (χ2n) is 5.19. The van der Waals surface area contributed by atoms with Gasteiger partial charge in [0, 0.05) is 19.2 Å². The van der Waals surface area contributed by atoms with Crippen molar-refractivity contribution in [1.82, 2.24) is 9.97 Å². The maximum absolute atomic E-state index is 11.8. The van der Waals surface area contributed by atoms with Crippen LogP contribution in [0.4, 0.5) is 17.6 Å². The van der Waals surface area contributed by atoms with Crippen molar-refractivity contribution in [2.24, 2.45) is 0 Å². The molecule has 3 heterocycles. The van der Waals surface area contributed by atoms with Crippen molar-refractivity contribution in [1.29, 1.82) is 0 Å². The molecule has 0 saturated carbocycles. The van der Waals surface area contributed by atoms with Gasteiger partial charge in [-0.2, -0.15) is 9.97 Å². The zero-order valence-electron chi connectivity index (χ0n) is 11.2. The molecule has 1 aromatic heterocycles. The quantitative estimate of drug-likeness (QED) is 0.783. The summed E-state index contributed by atoms with van der Waals surface area (Å²) in [5.41, 5.74) is 5.74. The zero-order chi connectivity index (χ0) is 14.1. The largest absolute Gasteiger partial charge is 0.368 e. The highest BCUT2D eigenvalue weighted by Crippen LogP contribution is 2.25. The van der Waals surface area contributed by atoms with Crippen molar-refractivity contribution in [3.8, 4) is 0 Å². The molecule has 2 saturated heterocycles. The summed E-state index contributed by atoms with van der Waals surface area (Å²) in [5.74, 6) is 0.980. The van der Waals surface area contributed by atoms with Crippen molar-refractivity contribution in [2.75, 3.05) is 35.2 Å². The van der Waals surface area contributed by atoms with E-state index in [1.54, 1.807) is 6.07 Å². The van der Waals surface area contributed by atoms with Gasteiger partial charge in [0.25, 0.3) is 0 Å². The lowest BCUT2D eigenvalue weighted by Crippen LogP contribution is -2.31. The Morgan fingerprint density at radius 3 is 2.40 bits per heavy atom. The summed E-state index contributed by atoms with van der Waals surface area (Å²) in [6.07, 6.45) is 3.42. The average Bonchev–Trinajstić information content (AvgIpc) is 2.78. The number of ketones is 1. The van der Waals surface area contributed by atoms with Gasteiger partial charge in [-0.15, -0.1) is 0 Å². The van der Waals surface area contributed by atoms with E-state index in [0.717, 1.165) is 31.7 Å². The van der Waals surface area contributed by atoms with E-state index in [9.17, 15) is 9.59 Å². The summed E-state index contributed by atoms with van der Waals surface area (Å²) >= 11 is 0. The number of hydrogen-bond donors (Lipinski definition) is 1. The van der Waals surface area contributed by atoms with Gasteiger partial charge in [-0.1, -0.05) is 0 Å². The lowest BCUT2D eigenvalue weighted by molar-refractivity contribution is -0.121. The van der Waals surface area contributed by atoms with Crippen LogP contribution >= 0.6 is 0 Å². The summed E-state index contributed by atoms with van der Waals surface area (Å²) in [6.45, 7) is 1.94. The number of rotatable bonds is 2. The number of anilines is 3. The van der Waals surface area contributed by atoms with Crippen LogP contribution in [0.2, 0.25) is 0 Å². The SMILES string of the molecule is Nc1nc(N2CCCCC2)cc(N2CC(=O)CC2=O)n1. The van der Waals surface area contributed by atoms with E-state index >= 15 is 0 Å². The van der Waals surface area contributed by atoms with Crippen LogP contribution in [-0.4, -0.2) is 41.3 Å². The molecule has 7 nitrogen and oxygen atoms in total. The summed E-state index contributed by atoms with van der Waals surface area (Å²) in [7, 11) is 0. The second kappa shape index (κ2) is 5.07. The Labute approximate surface area is 116 Å². The molecule has 0 radical (unpaired) electrons. The van der Waals surface area contributed by atoms with Crippen LogP contribution in [-0.2, 0) is 9.59 Å². The molecule has 106 valence electrons. The minimum atomic E-state index is -0.224. The molecule has 2 aliphatic rings. The van der Waals surface area contributed by atoms with Gasteiger partial charge < -0.3 is 10.6 Å². The van der Waals surface area contributed by atoms with Crippen molar-refractivity contribution in [3.05, 3.63) is 6.07 Å². The van der Waals surface area contributed by atoms with E-state index in [4.69, 9.17) is 5.73 Å². The Morgan fingerprint density at radius 1 is 1.05 bits per heavy atom. The summed E-state index contributed by atoms with van der Waals surface area (Å²) < 4.78 is 0. The molecule has 2 fully saturated rings. The smallest absolute Gasteiger partial charge is 0.236 e. The van der Waals surface area contributed by atoms with Crippen LogP contribution in [0.1, 0.15) is 25.7 Å². The molecule has 1 amide bonds. The number of hydrogen-bond acceptors (Lipinski definition) is 6. The Bertz CT molecular complexity index is 554. The van der Waals surface area contributed by atoms with Crippen molar-refractivity contribution in [2.45, 2.75) is 25.7 Å². The number of piperidine rings is 1. The fourth-order valence-corrected chi connectivity index (χ4v) is 2.66. The molecule has 20 heavy (non-hydrogen) atoms. The molecular formula is C13H17N5O2. The number of Topliss-reactive ketones (excluding diaryl/α,β-unsaturated/α-hetero) is 1. The number of aromatic nitrogens is 2. The Balaban J connectivity index is 1.90. The molecule has 0 bridgehead atoms. The van der Waals surface area contributed by atoms with Crippen LogP contribution in [0, 0.1) is 0 Å². The van der Waals surface area contributed by atoms with Crippen LogP contribution in [0.15, 0.2) is 6.07 Å². The normalized spacial score (nSPS) is 19.8. The summed E-state index contributed by atoms with van der Waals surface area (Å²) in [6, 6.07) is 1.75. The fourth-order valence-electron chi connectivity index (χ4n) is 2.66. The number of nitrogens with zero attached hydrogens (tertiary/aromatic N) is 4. The third-order valence-electron chi connectivity index (χ3n) is 3.66. The molecule has 0 unspecified atom stereocenters. The van der Waals surface area contributed by atoms with Gasteiger partial charge in [0.05, 0.1) is 13.0 Å². The second-order valence-corrected chi connectivity index (χ2v) is 5.19. The van der Waals surface area contributed by atoms with Gasteiger partial charge in [0.1, 0.15) is 11.6 Å². The number of amides is 1. The topological polar surface area (TPSA) is 92.4 Å². The minimum absolute atomic E-state index is 0.0526. The molecule has 0 aromatic carbocycles. The predicted molar refractivity (Wildman–Crippen MR) is 74.5 cm³/mol. The van der Waals surface area contributed by atoms with Crippen molar-refractivity contribution >= 4 is 29.3 Å². The van der Waals surface area contributed by atoms with Crippen LogP contribution in [0.25, 0.3) is 0 Å². The van der Waals surface area contributed by atoms with Crippen molar-refractivity contribution in [3.63, 3.8) is 0 Å². The molecule has 7 heteroatoms. The zero-order valence-corrected chi connectivity index (χ0v) is 11.2. The van der Waals surface area contributed by atoms with Gasteiger partial charge in [-0.25, -0.2) is 0 Å². The standard InChI is InChI=1S/C13H17N5O2/c14-13-15-10(17-4-2-1-3-5-17)7-11(16-13)18-8-9(19)6-12(18)20/h7H,1-6,8H2,(H2,14,15,16). The van der Waals surface area contributed by atoms with E-state index < -0.39 is 0 Å².